The Kier molecular flexibility index (Phi) is 6.46. The van der Waals surface area contributed by atoms with Gasteiger partial charge in [-0.2, -0.15) is 8.78 Å². The molecule has 0 bridgehead atoms. The Morgan fingerprint density at radius 2 is 1.86 bits per heavy atom. The Balaban J connectivity index is 1.70. The van der Waals surface area contributed by atoms with Crippen molar-refractivity contribution in [3.8, 4) is 5.75 Å². The number of benzene rings is 2. The molecule has 5 nitrogen and oxygen atoms in total. The van der Waals surface area contributed by atoms with Crippen molar-refractivity contribution in [1.82, 2.24) is 4.90 Å². The van der Waals surface area contributed by atoms with E-state index in [2.05, 4.69) is 10.1 Å². The molecular weight excluding hydrogens is 378 g/mol. The second kappa shape index (κ2) is 9.03. The summed E-state index contributed by atoms with van der Waals surface area (Å²) >= 11 is 0. The first-order chi connectivity index (χ1) is 13.8. The lowest BCUT2D eigenvalue weighted by molar-refractivity contribution is -0.121. The number of likely N-dealkylation sites (tertiary alicyclic amines) is 1. The minimum atomic E-state index is -2.98. The second-order valence-corrected chi connectivity index (χ2v) is 7.27. The average Bonchev–Trinajstić information content (AvgIpc) is 2.70. The lowest BCUT2D eigenvalue weighted by Gasteiger charge is -2.32. The third-order valence-corrected chi connectivity index (χ3v) is 5.08. The molecule has 0 radical (unpaired) electrons. The number of alkyl halides is 2. The molecule has 0 spiro atoms. The molecule has 1 saturated heterocycles. The molecule has 29 heavy (non-hydrogen) atoms. The maximum atomic E-state index is 12.8. The van der Waals surface area contributed by atoms with E-state index < -0.39 is 12.5 Å². The first kappa shape index (κ1) is 20.8. The van der Waals surface area contributed by atoms with E-state index in [1.807, 2.05) is 19.1 Å². The highest BCUT2D eigenvalue weighted by Crippen LogP contribution is 2.31. The summed E-state index contributed by atoms with van der Waals surface area (Å²) in [6.07, 6.45) is 1.32. The van der Waals surface area contributed by atoms with Gasteiger partial charge in [0, 0.05) is 18.7 Å². The van der Waals surface area contributed by atoms with Gasteiger partial charge in [0.1, 0.15) is 5.75 Å². The van der Waals surface area contributed by atoms with E-state index >= 15 is 0 Å². The number of halogens is 2. The summed E-state index contributed by atoms with van der Waals surface area (Å²) in [4.78, 5) is 27.2. The standard InChI is InChI=1S/C22H24F2N2O3/c1-14-8-10-16(11-9-14)21(28)26-12-4-6-17(13-26)20(27)25-19-15(2)5-3-7-18(19)29-22(23)24/h3,5,7-11,17,22H,4,6,12-13H2,1-2H3,(H,25,27)/t17-/m1/s1. The first-order valence-electron chi connectivity index (χ1n) is 9.56. The number of hydrogen-bond acceptors (Lipinski definition) is 3. The predicted molar refractivity (Wildman–Crippen MR) is 106 cm³/mol. The summed E-state index contributed by atoms with van der Waals surface area (Å²) in [7, 11) is 0. The van der Waals surface area contributed by atoms with E-state index in [1.165, 1.54) is 6.07 Å². The molecule has 2 aromatic carbocycles. The molecule has 1 heterocycles. The Bertz CT molecular complexity index is 884. The van der Waals surface area contributed by atoms with Gasteiger partial charge >= 0.3 is 6.61 Å². The quantitative estimate of drug-likeness (QED) is 0.807. The van der Waals surface area contributed by atoms with Crippen molar-refractivity contribution in [2.24, 2.45) is 5.92 Å². The Morgan fingerprint density at radius 1 is 1.14 bits per heavy atom. The number of nitrogens with zero attached hydrogens (tertiary/aromatic N) is 1. The lowest BCUT2D eigenvalue weighted by Crippen LogP contribution is -2.43. The normalized spacial score (nSPS) is 16.6. The van der Waals surface area contributed by atoms with Crippen LogP contribution in [0.3, 0.4) is 0 Å². The second-order valence-electron chi connectivity index (χ2n) is 7.27. The Hall–Kier alpha value is -2.96. The van der Waals surface area contributed by atoms with E-state index in [-0.39, 0.29) is 29.8 Å². The van der Waals surface area contributed by atoms with Gasteiger partial charge in [0.15, 0.2) is 0 Å². The lowest BCUT2D eigenvalue weighted by atomic mass is 9.96. The van der Waals surface area contributed by atoms with E-state index in [0.717, 1.165) is 5.56 Å². The van der Waals surface area contributed by atoms with Crippen molar-refractivity contribution in [3.05, 3.63) is 59.2 Å². The SMILES string of the molecule is Cc1ccc(C(=O)N2CCC[C@@H](C(=O)Nc3c(C)cccc3OC(F)F)C2)cc1. The van der Waals surface area contributed by atoms with Crippen LogP contribution < -0.4 is 10.1 Å². The zero-order valence-corrected chi connectivity index (χ0v) is 16.5. The minimum Gasteiger partial charge on any atom is -0.433 e. The average molecular weight is 402 g/mol. The smallest absolute Gasteiger partial charge is 0.387 e. The molecule has 2 aromatic rings. The fourth-order valence-corrected chi connectivity index (χ4v) is 3.47. The summed E-state index contributed by atoms with van der Waals surface area (Å²) in [6, 6.07) is 12.0. The number of carbonyl (C=O) groups is 2. The van der Waals surface area contributed by atoms with Crippen LogP contribution in [0.5, 0.6) is 5.75 Å². The number of amides is 2. The van der Waals surface area contributed by atoms with E-state index in [1.54, 1.807) is 36.1 Å². The highest BCUT2D eigenvalue weighted by Gasteiger charge is 2.29. The van der Waals surface area contributed by atoms with Gasteiger partial charge in [-0.1, -0.05) is 29.8 Å². The molecule has 1 atom stereocenters. The molecule has 0 unspecified atom stereocenters. The van der Waals surface area contributed by atoms with Crippen molar-refractivity contribution < 1.29 is 23.1 Å². The largest absolute Gasteiger partial charge is 0.433 e. The fraction of sp³-hybridized carbons (Fsp3) is 0.364. The first-order valence-corrected chi connectivity index (χ1v) is 9.56. The molecule has 0 aliphatic carbocycles. The highest BCUT2D eigenvalue weighted by molar-refractivity contribution is 5.97. The zero-order valence-electron chi connectivity index (χ0n) is 16.5. The number of ether oxygens (including phenoxy) is 1. The number of para-hydroxylation sites is 1. The molecular formula is C22H24F2N2O3. The van der Waals surface area contributed by atoms with Gasteiger partial charge in [-0.15, -0.1) is 0 Å². The topological polar surface area (TPSA) is 58.6 Å². The van der Waals surface area contributed by atoms with E-state index in [9.17, 15) is 18.4 Å². The highest BCUT2D eigenvalue weighted by atomic mass is 19.3. The number of carbonyl (C=O) groups excluding carboxylic acids is 2. The summed E-state index contributed by atoms with van der Waals surface area (Å²) in [6.45, 7) is 1.55. The van der Waals surface area contributed by atoms with Crippen LogP contribution in [0.4, 0.5) is 14.5 Å². The molecule has 1 aliphatic rings. The van der Waals surface area contributed by atoms with Gasteiger partial charge in [-0.3, -0.25) is 9.59 Å². The number of rotatable bonds is 5. The van der Waals surface area contributed by atoms with Crippen LogP contribution in [0.25, 0.3) is 0 Å². The van der Waals surface area contributed by atoms with Crippen LogP contribution in [0.1, 0.15) is 34.3 Å². The van der Waals surface area contributed by atoms with Crippen LogP contribution in [0.15, 0.2) is 42.5 Å². The Morgan fingerprint density at radius 3 is 2.55 bits per heavy atom. The number of aryl methyl sites for hydroxylation is 2. The molecule has 2 amide bonds. The van der Waals surface area contributed by atoms with Crippen LogP contribution in [0, 0.1) is 19.8 Å². The molecule has 0 saturated carbocycles. The van der Waals surface area contributed by atoms with Gasteiger partial charge in [-0.25, -0.2) is 0 Å². The van der Waals surface area contributed by atoms with E-state index in [0.29, 0.717) is 30.5 Å². The number of nitrogens with one attached hydrogen (secondary N) is 1. The third kappa shape index (κ3) is 5.10. The zero-order chi connectivity index (χ0) is 21.0. The maximum Gasteiger partial charge on any atom is 0.387 e. The van der Waals surface area contributed by atoms with Crippen molar-refractivity contribution in [3.63, 3.8) is 0 Å². The van der Waals surface area contributed by atoms with Gasteiger partial charge in [-0.05, 0) is 50.5 Å². The number of piperidine rings is 1. The van der Waals surface area contributed by atoms with Crippen molar-refractivity contribution in [2.45, 2.75) is 33.3 Å². The molecule has 1 fully saturated rings. The van der Waals surface area contributed by atoms with E-state index in [4.69, 9.17) is 0 Å². The molecule has 3 rings (SSSR count). The van der Waals surface area contributed by atoms with Crippen molar-refractivity contribution >= 4 is 17.5 Å². The van der Waals surface area contributed by atoms with Gasteiger partial charge in [0.2, 0.25) is 5.91 Å². The van der Waals surface area contributed by atoms with Crippen molar-refractivity contribution in [1.29, 1.82) is 0 Å². The van der Waals surface area contributed by atoms with Crippen molar-refractivity contribution in [2.75, 3.05) is 18.4 Å². The summed E-state index contributed by atoms with van der Waals surface area (Å²) in [5.74, 6) is -0.908. The summed E-state index contributed by atoms with van der Waals surface area (Å²) < 4.78 is 29.9. The monoisotopic (exact) mass is 402 g/mol. The fourth-order valence-electron chi connectivity index (χ4n) is 3.47. The number of hydrogen-bond donors (Lipinski definition) is 1. The third-order valence-electron chi connectivity index (χ3n) is 5.08. The molecule has 0 aromatic heterocycles. The summed E-state index contributed by atoms with van der Waals surface area (Å²) in [5.41, 5.74) is 2.51. The number of anilines is 1. The molecule has 7 heteroatoms. The molecule has 1 N–H and O–H groups in total. The van der Waals surface area contributed by atoms with Crippen LogP contribution in [-0.2, 0) is 4.79 Å². The summed E-state index contributed by atoms with van der Waals surface area (Å²) in [5, 5.41) is 2.73. The Labute approximate surface area is 168 Å². The maximum absolute atomic E-state index is 12.8. The molecule has 1 aliphatic heterocycles. The van der Waals surface area contributed by atoms with Gasteiger partial charge in [0.05, 0.1) is 11.6 Å². The van der Waals surface area contributed by atoms with Gasteiger partial charge in [0.25, 0.3) is 5.91 Å². The van der Waals surface area contributed by atoms with Crippen LogP contribution >= 0.6 is 0 Å². The van der Waals surface area contributed by atoms with Gasteiger partial charge < -0.3 is 15.0 Å². The molecule has 154 valence electrons. The van der Waals surface area contributed by atoms with Crippen LogP contribution in [0.2, 0.25) is 0 Å². The minimum absolute atomic E-state index is 0.0725. The predicted octanol–water partition coefficient (Wildman–Crippen LogP) is 4.40. The van der Waals surface area contributed by atoms with Crippen LogP contribution in [-0.4, -0.2) is 36.4 Å².